The van der Waals surface area contributed by atoms with Crippen LogP contribution in [-0.4, -0.2) is 14.1 Å². The number of aryl methyl sites for hydroxylation is 2. The molecular weight excluding hydrogens is 350 g/mol. The van der Waals surface area contributed by atoms with Crippen molar-refractivity contribution in [1.29, 1.82) is 0 Å². The first-order valence-corrected chi connectivity index (χ1v) is 9.23. The van der Waals surface area contributed by atoms with E-state index in [1.807, 2.05) is 62.4 Å². The van der Waals surface area contributed by atoms with Gasteiger partial charge in [-0.3, -0.25) is 13.9 Å². The second kappa shape index (κ2) is 7.27. The third kappa shape index (κ3) is 3.27. The summed E-state index contributed by atoms with van der Waals surface area (Å²) < 4.78 is 2.92. The average molecular weight is 371 g/mol. The summed E-state index contributed by atoms with van der Waals surface area (Å²) in [6.07, 6.45) is 1.59. The molecule has 140 valence electrons. The largest absolute Gasteiger partial charge is 0.332 e. The van der Waals surface area contributed by atoms with Crippen molar-refractivity contribution in [2.45, 2.75) is 26.9 Å². The molecular formula is C23H21N3O2. The zero-order valence-electron chi connectivity index (χ0n) is 15.9. The Hall–Kier alpha value is -3.47. The lowest BCUT2D eigenvalue weighted by Crippen LogP contribution is -2.41. The number of benzene rings is 2. The summed E-state index contributed by atoms with van der Waals surface area (Å²) in [5.74, 6) is 0. The van der Waals surface area contributed by atoms with Crippen molar-refractivity contribution < 1.29 is 0 Å². The van der Waals surface area contributed by atoms with Crippen molar-refractivity contribution in [3.05, 3.63) is 110 Å². The summed E-state index contributed by atoms with van der Waals surface area (Å²) in [4.78, 5) is 30.5. The highest BCUT2D eigenvalue weighted by molar-refractivity contribution is 5.73. The van der Waals surface area contributed by atoms with E-state index < -0.39 is 0 Å². The van der Waals surface area contributed by atoms with E-state index in [9.17, 15) is 9.59 Å². The van der Waals surface area contributed by atoms with Crippen molar-refractivity contribution >= 4 is 11.0 Å². The topological polar surface area (TPSA) is 56.9 Å². The fraction of sp³-hybridized carbons (Fsp3) is 0.174. The van der Waals surface area contributed by atoms with E-state index in [4.69, 9.17) is 0 Å². The van der Waals surface area contributed by atoms with E-state index in [1.54, 1.807) is 22.9 Å². The first-order chi connectivity index (χ1) is 13.5. The van der Waals surface area contributed by atoms with Crippen molar-refractivity contribution in [1.82, 2.24) is 14.1 Å². The lowest BCUT2D eigenvalue weighted by molar-refractivity contribution is 0.632. The lowest BCUT2D eigenvalue weighted by Gasteiger charge is -2.15. The summed E-state index contributed by atoms with van der Waals surface area (Å²) in [5.41, 5.74) is 4.36. The highest BCUT2D eigenvalue weighted by Crippen LogP contribution is 2.12. The lowest BCUT2D eigenvalue weighted by atomic mass is 10.1. The summed E-state index contributed by atoms with van der Waals surface area (Å²) in [5, 5.41) is 0. The smallest absolute Gasteiger partial charge is 0.287 e. The molecule has 2 aromatic carbocycles. The van der Waals surface area contributed by atoms with E-state index in [0.717, 1.165) is 22.3 Å². The molecule has 0 saturated heterocycles. The van der Waals surface area contributed by atoms with Gasteiger partial charge >= 0.3 is 5.69 Å². The maximum atomic E-state index is 13.3. The Balaban J connectivity index is 1.91. The molecule has 0 amide bonds. The summed E-state index contributed by atoms with van der Waals surface area (Å²) in [7, 11) is 0. The van der Waals surface area contributed by atoms with Crippen molar-refractivity contribution in [3.63, 3.8) is 0 Å². The van der Waals surface area contributed by atoms with Gasteiger partial charge in [0.15, 0.2) is 5.52 Å². The summed E-state index contributed by atoms with van der Waals surface area (Å²) >= 11 is 0. The molecule has 0 aliphatic carbocycles. The first-order valence-electron chi connectivity index (χ1n) is 9.23. The summed E-state index contributed by atoms with van der Waals surface area (Å²) in [6, 6.07) is 19.3. The van der Waals surface area contributed by atoms with E-state index in [0.29, 0.717) is 17.6 Å². The zero-order valence-corrected chi connectivity index (χ0v) is 15.9. The van der Waals surface area contributed by atoms with Crippen LogP contribution in [-0.2, 0) is 13.1 Å². The number of aromatic nitrogens is 3. The highest BCUT2D eigenvalue weighted by Gasteiger charge is 2.15. The van der Waals surface area contributed by atoms with E-state index in [-0.39, 0.29) is 17.8 Å². The summed E-state index contributed by atoms with van der Waals surface area (Å²) in [6.45, 7) is 4.63. The van der Waals surface area contributed by atoms with Gasteiger partial charge in [0.05, 0.1) is 18.6 Å². The third-order valence-corrected chi connectivity index (χ3v) is 5.04. The van der Waals surface area contributed by atoms with Crippen molar-refractivity contribution in [2.24, 2.45) is 0 Å². The molecule has 28 heavy (non-hydrogen) atoms. The van der Waals surface area contributed by atoms with Crippen LogP contribution in [0.5, 0.6) is 0 Å². The SMILES string of the molecule is Cc1ccc(Cn2c(=O)c3ncccc3n(Cc3ccccc3C)c2=O)cc1. The van der Waals surface area contributed by atoms with Crippen molar-refractivity contribution in [3.8, 4) is 0 Å². The molecule has 0 fully saturated rings. The molecule has 4 rings (SSSR count). The molecule has 0 N–H and O–H groups in total. The van der Waals surface area contributed by atoms with Gasteiger partial charge in [-0.25, -0.2) is 9.78 Å². The monoisotopic (exact) mass is 371 g/mol. The van der Waals surface area contributed by atoms with E-state index in [1.165, 1.54) is 4.57 Å². The Kier molecular flexibility index (Phi) is 4.65. The van der Waals surface area contributed by atoms with E-state index in [2.05, 4.69) is 4.98 Å². The minimum Gasteiger partial charge on any atom is -0.287 e. The van der Waals surface area contributed by atoms with Crippen LogP contribution in [0.4, 0.5) is 0 Å². The van der Waals surface area contributed by atoms with Gasteiger partial charge in [-0.05, 0) is 42.7 Å². The number of hydrogen-bond donors (Lipinski definition) is 0. The molecule has 4 aromatic rings. The predicted octanol–water partition coefficient (Wildman–Crippen LogP) is 3.27. The predicted molar refractivity (Wildman–Crippen MR) is 111 cm³/mol. The average Bonchev–Trinajstić information content (AvgIpc) is 2.71. The maximum Gasteiger partial charge on any atom is 0.332 e. The van der Waals surface area contributed by atoms with Crippen LogP contribution in [0.15, 0.2) is 76.4 Å². The number of pyridine rings is 1. The van der Waals surface area contributed by atoms with E-state index >= 15 is 0 Å². The van der Waals surface area contributed by atoms with Crippen molar-refractivity contribution in [2.75, 3.05) is 0 Å². The van der Waals surface area contributed by atoms with Crippen LogP contribution in [0.2, 0.25) is 0 Å². The second-order valence-corrected chi connectivity index (χ2v) is 7.04. The van der Waals surface area contributed by atoms with Gasteiger partial charge in [0.2, 0.25) is 0 Å². The molecule has 0 spiro atoms. The van der Waals surface area contributed by atoms with Gasteiger partial charge in [0, 0.05) is 6.20 Å². The fourth-order valence-electron chi connectivity index (χ4n) is 3.37. The molecule has 0 aliphatic heterocycles. The third-order valence-electron chi connectivity index (χ3n) is 5.04. The molecule has 0 radical (unpaired) electrons. The fourth-order valence-corrected chi connectivity index (χ4v) is 3.37. The van der Waals surface area contributed by atoms with Gasteiger partial charge < -0.3 is 0 Å². The standard InChI is InChI=1S/C23H21N3O2/c1-16-9-11-18(12-10-16)14-26-22(27)21-20(8-5-13-24-21)25(23(26)28)15-19-7-4-3-6-17(19)2/h3-13H,14-15H2,1-2H3. The van der Waals surface area contributed by atoms with Gasteiger partial charge in [0.25, 0.3) is 5.56 Å². The van der Waals surface area contributed by atoms with Crippen LogP contribution in [0, 0.1) is 13.8 Å². The van der Waals surface area contributed by atoms with Gasteiger partial charge in [-0.1, -0.05) is 54.1 Å². The molecule has 5 heteroatoms. The van der Waals surface area contributed by atoms with Crippen LogP contribution in [0.3, 0.4) is 0 Å². The van der Waals surface area contributed by atoms with Gasteiger partial charge in [-0.15, -0.1) is 0 Å². The van der Waals surface area contributed by atoms with Crippen LogP contribution in [0.25, 0.3) is 11.0 Å². The molecule has 2 aromatic heterocycles. The Labute approximate surface area is 162 Å². The molecule has 0 aliphatic rings. The minimum atomic E-state index is -0.359. The molecule has 5 nitrogen and oxygen atoms in total. The van der Waals surface area contributed by atoms with Gasteiger partial charge in [0.1, 0.15) is 0 Å². The number of fused-ring (bicyclic) bond motifs is 1. The Bertz CT molecular complexity index is 1270. The second-order valence-electron chi connectivity index (χ2n) is 7.04. The van der Waals surface area contributed by atoms with Crippen LogP contribution in [0.1, 0.15) is 22.3 Å². The Morgan fingerprint density at radius 1 is 0.821 bits per heavy atom. The zero-order chi connectivity index (χ0) is 19.7. The Morgan fingerprint density at radius 2 is 1.57 bits per heavy atom. The molecule has 2 heterocycles. The maximum absolute atomic E-state index is 13.3. The number of nitrogens with zero attached hydrogens (tertiary/aromatic N) is 3. The van der Waals surface area contributed by atoms with Gasteiger partial charge in [-0.2, -0.15) is 0 Å². The molecule has 0 bridgehead atoms. The highest BCUT2D eigenvalue weighted by atomic mass is 16.2. The molecule has 0 atom stereocenters. The molecule has 0 unspecified atom stereocenters. The van der Waals surface area contributed by atoms with Crippen LogP contribution >= 0.6 is 0 Å². The normalized spacial score (nSPS) is 11.1. The minimum absolute atomic E-state index is 0.220. The first kappa shape index (κ1) is 17.9. The van der Waals surface area contributed by atoms with Crippen LogP contribution < -0.4 is 11.2 Å². The molecule has 0 saturated carbocycles. The Morgan fingerprint density at radius 3 is 2.32 bits per heavy atom. The quantitative estimate of drug-likeness (QED) is 0.553. The number of rotatable bonds is 4. The number of hydrogen-bond acceptors (Lipinski definition) is 3.